The van der Waals surface area contributed by atoms with Crippen LogP contribution in [0.2, 0.25) is 5.02 Å². The fraction of sp³-hybridized carbons (Fsp3) is 0.143. The van der Waals surface area contributed by atoms with E-state index in [9.17, 15) is 21.6 Å². The first kappa shape index (κ1) is 24.5. The van der Waals surface area contributed by atoms with Gasteiger partial charge in [0.2, 0.25) is 15.9 Å². The van der Waals surface area contributed by atoms with E-state index in [-0.39, 0.29) is 16.4 Å². The highest BCUT2D eigenvalue weighted by atomic mass is 35.5. The third-order valence-electron chi connectivity index (χ3n) is 4.51. The summed E-state index contributed by atoms with van der Waals surface area (Å²) in [6.07, 6.45) is 2.46. The van der Waals surface area contributed by atoms with Crippen molar-refractivity contribution in [3.05, 3.63) is 77.9 Å². The van der Waals surface area contributed by atoms with Gasteiger partial charge in [0.15, 0.2) is 0 Å². The van der Waals surface area contributed by atoms with Gasteiger partial charge in [-0.3, -0.25) is 13.8 Å². The number of carbonyl (C=O) groups excluding carboxylic acids is 1. The van der Waals surface area contributed by atoms with E-state index in [1.807, 2.05) is 0 Å². The number of anilines is 3. The lowest BCUT2D eigenvalue weighted by atomic mass is 10.2. The second-order valence-corrected chi connectivity index (χ2v) is 11.0. The molecule has 0 unspecified atom stereocenters. The maximum atomic E-state index is 12.8. The zero-order valence-electron chi connectivity index (χ0n) is 17.6. The summed E-state index contributed by atoms with van der Waals surface area (Å²) in [4.78, 5) is 16.7. The number of sulfonamides is 2. The Morgan fingerprint density at radius 3 is 2.15 bits per heavy atom. The number of halogens is 1. The lowest BCUT2D eigenvalue weighted by Gasteiger charge is -2.28. The van der Waals surface area contributed by atoms with Gasteiger partial charge in [-0.1, -0.05) is 17.7 Å². The third kappa shape index (κ3) is 6.21. The predicted octanol–water partition coefficient (Wildman–Crippen LogP) is 3.33. The minimum Gasteiger partial charge on any atom is -0.324 e. The highest BCUT2D eigenvalue weighted by Gasteiger charge is 2.29. The molecule has 0 saturated heterocycles. The van der Waals surface area contributed by atoms with E-state index in [4.69, 9.17) is 11.6 Å². The molecule has 0 radical (unpaired) electrons. The van der Waals surface area contributed by atoms with Crippen molar-refractivity contribution in [3.8, 4) is 0 Å². The molecule has 1 amide bonds. The van der Waals surface area contributed by atoms with Gasteiger partial charge in [0.25, 0.3) is 10.0 Å². The van der Waals surface area contributed by atoms with Gasteiger partial charge in [0, 0.05) is 16.9 Å². The Balaban J connectivity index is 1.76. The molecule has 1 aromatic heterocycles. The molecule has 1 atom stereocenters. The Hall–Kier alpha value is -3.15. The van der Waals surface area contributed by atoms with Gasteiger partial charge in [-0.15, -0.1) is 0 Å². The number of pyridine rings is 1. The second kappa shape index (κ2) is 9.77. The fourth-order valence-corrected chi connectivity index (χ4v) is 5.29. The van der Waals surface area contributed by atoms with Crippen LogP contribution in [0.25, 0.3) is 0 Å². The van der Waals surface area contributed by atoms with Gasteiger partial charge in [0.1, 0.15) is 11.9 Å². The molecule has 0 aliphatic heterocycles. The third-order valence-corrected chi connectivity index (χ3v) is 7.37. The smallest absolute Gasteiger partial charge is 0.263 e. The lowest BCUT2D eigenvalue weighted by Crippen LogP contribution is -2.45. The normalized spacial score (nSPS) is 12.6. The average Bonchev–Trinajstić information content (AvgIpc) is 2.75. The summed E-state index contributed by atoms with van der Waals surface area (Å²) in [5.74, 6) is -0.427. The first-order valence-electron chi connectivity index (χ1n) is 9.57. The van der Waals surface area contributed by atoms with E-state index in [1.54, 1.807) is 12.1 Å². The Morgan fingerprint density at radius 1 is 0.970 bits per heavy atom. The largest absolute Gasteiger partial charge is 0.324 e. The molecular weight excluding hydrogens is 488 g/mol. The molecule has 2 aromatic carbocycles. The van der Waals surface area contributed by atoms with Crippen LogP contribution >= 0.6 is 11.6 Å². The molecule has 9 nitrogen and oxygen atoms in total. The van der Waals surface area contributed by atoms with E-state index in [1.165, 1.54) is 67.7 Å². The van der Waals surface area contributed by atoms with Crippen molar-refractivity contribution in [1.82, 2.24) is 4.98 Å². The number of aromatic nitrogens is 1. The Bertz CT molecular complexity index is 1330. The van der Waals surface area contributed by atoms with E-state index >= 15 is 0 Å². The molecule has 12 heteroatoms. The summed E-state index contributed by atoms with van der Waals surface area (Å²) >= 11 is 5.87. The molecule has 3 aromatic rings. The van der Waals surface area contributed by atoms with Crippen LogP contribution in [0.1, 0.15) is 6.92 Å². The number of nitrogens with zero attached hydrogens (tertiary/aromatic N) is 2. The summed E-state index contributed by atoms with van der Waals surface area (Å²) in [5.41, 5.74) is 0.583. The maximum absolute atomic E-state index is 12.8. The summed E-state index contributed by atoms with van der Waals surface area (Å²) in [6, 6.07) is 15.2. The standard InChI is InChI=1S/C21H21ClN4O5S2/c1-15(26(32(2,28)29)18-10-6-16(22)7-11-18)21(27)24-17-8-12-19(13-9-17)33(30,31)25-20-5-3-4-14-23-20/h3-15H,1-2H3,(H,23,25)(H,24,27)/t15-/m0/s1. The fourth-order valence-electron chi connectivity index (χ4n) is 2.98. The van der Waals surface area contributed by atoms with Crippen LogP contribution in [0.15, 0.2) is 77.8 Å². The summed E-state index contributed by atoms with van der Waals surface area (Å²) < 4.78 is 53.1. The molecule has 0 spiro atoms. The Labute approximate surface area is 197 Å². The number of carbonyl (C=O) groups is 1. The van der Waals surface area contributed by atoms with Crippen molar-refractivity contribution in [1.29, 1.82) is 0 Å². The highest BCUT2D eigenvalue weighted by molar-refractivity contribution is 7.92. The minimum absolute atomic E-state index is 0.0295. The lowest BCUT2D eigenvalue weighted by molar-refractivity contribution is -0.116. The first-order valence-corrected chi connectivity index (χ1v) is 13.3. The van der Waals surface area contributed by atoms with Crippen LogP contribution in [0.3, 0.4) is 0 Å². The topological polar surface area (TPSA) is 126 Å². The van der Waals surface area contributed by atoms with Crippen molar-refractivity contribution < 1.29 is 21.6 Å². The van der Waals surface area contributed by atoms with Gasteiger partial charge in [-0.2, -0.15) is 0 Å². The second-order valence-electron chi connectivity index (χ2n) is 7.05. The molecule has 2 N–H and O–H groups in total. The van der Waals surface area contributed by atoms with Gasteiger partial charge in [0.05, 0.1) is 16.8 Å². The van der Waals surface area contributed by atoms with E-state index in [0.717, 1.165) is 10.6 Å². The van der Waals surface area contributed by atoms with Gasteiger partial charge >= 0.3 is 0 Å². The predicted molar refractivity (Wildman–Crippen MR) is 128 cm³/mol. The molecule has 0 aliphatic carbocycles. The molecule has 0 fully saturated rings. The van der Waals surface area contributed by atoms with Crippen LogP contribution in [0, 0.1) is 0 Å². The Morgan fingerprint density at radius 2 is 1.61 bits per heavy atom. The SMILES string of the molecule is C[C@@H](C(=O)Nc1ccc(S(=O)(=O)Nc2ccccn2)cc1)N(c1ccc(Cl)cc1)S(C)(=O)=O. The van der Waals surface area contributed by atoms with Gasteiger partial charge < -0.3 is 5.32 Å². The highest BCUT2D eigenvalue weighted by Crippen LogP contribution is 2.24. The van der Waals surface area contributed by atoms with Crippen molar-refractivity contribution >= 4 is 54.7 Å². The Kier molecular flexibility index (Phi) is 7.25. The van der Waals surface area contributed by atoms with Crippen LogP contribution in [0.4, 0.5) is 17.2 Å². The molecule has 0 bridgehead atoms. The zero-order chi connectivity index (χ0) is 24.2. The van der Waals surface area contributed by atoms with E-state index in [0.29, 0.717) is 10.7 Å². The molecule has 33 heavy (non-hydrogen) atoms. The number of hydrogen-bond acceptors (Lipinski definition) is 6. The number of benzene rings is 2. The summed E-state index contributed by atoms with van der Waals surface area (Å²) in [5, 5.41) is 3.03. The van der Waals surface area contributed by atoms with Gasteiger partial charge in [-0.25, -0.2) is 21.8 Å². The number of hydrogen-bond donors (Lipinski definition) is 2. The van der Waals surface area contributed by atoms with Crippen LogP contribution < -0.4 is 14.3 Å². The molecule has 174 valence electrons. The molecular formula is C21H21ClN4O5S2. The molecule has 3 rings (SSSR count). The minimum atomic E-state index is -3.87. The zero-order valence-corrected chi connectivity index (χ0v) is 20.0. The summed E-state index contributed by atoms with van der Waals surface area (Å²) in [7, 11) is -7.66. The number of nitrogens with one attached hydrogen (secondary N) is 2. The van der Waals surface area contributed by atoms with Crippen molar-refractivity contribution in [2.45, 2.75) is 17.9 Å². The van der Waals surface area contributed by atoms with Crippen molar-refractivity contribution in [2.24, 2.45) is 0 Å². The van der Waals surface area contributed by atoms with Gasteiger partial charge in [-0.05, 0) is 67.6 Å². The van der Waals surface area contributed by atoms with E-state index < -0.39 is 32.0 Å². The van der Waals surface area contributed by atoms with Crippen molar-refractivity contribution in [3.63, 3.8) is 0 Å². The van der Waals surface area contributed by atoms with Crippen LogP contribution in [0.5, 0.6) is 0 Å². The first-order chi connectivity index (χ1) is 15.5. The molecule has 0 aliphatic rings. The van der Waals surface area contributed by atoms with Crippen LogP contribution in [-0.2, 0) is 24.8 Å². The maximum Gasteiger partial charge on any atom is 0.263 e. The summed E-state index contributed by atoms with van der Waals surface area (Å²) in [6.45, 7) is 1.45. The van der Waals surface area contributed by atoms with Crippen LogP contribution in [-0.4, -0.2) is 40.0 Å². The number of amides is 1. The van der Waals surface area contributed by atoms with Crippen molar-refractivity contribution in [2.75, 3.05) is 20.6 Å². The monoisotopic (exact) mass is 508 g/mol. The number of rotatable bonds is 8. The van der Waals surface area contributed by atoms with E-state index in [2.05, 4.69) is 15.0 Å². The quantitative estimate of drug-likeness (QED) is 0.480. The average molecular weight is 509 g/mol. The molecule has 0 saturated carbocycles. The molecule has 1 heterocycles.